The first-order valence-corrected chi connectivity index (χ1v) is 19.0. The van der Waals surface area contributed by atoms with Crippen molar-refractivity contribution in [1.29, 1.82) is 0 Å². The summed E-state index contributed by atoms with van der Waals surface area (Å²) in [7, 11) is 0. The van der Waals surface area contributed by atoms with Crippen LogP contribution in [0.25, 0.3) is 33.0 Å². The number of para-hydroxylation sites is 4. The summed E-state index contributed by atoms with van der Waals surface area (Å²) in [5.74, 6) is 0. The Morgan fingerprint density at radius 3 is 1.20 bits per heavy atom. The SMILES string of the molecule is c1ccc(N(c2ccccc2)c2cc3c(c(N(c4ccccc4)c4ccccc4)c2)C2(c4ccccc4-c4ccccc42)c2cc4ccccc4cc2-3)cc1. The summed E-state index contributed by atoms with van der Waals surface area (Å²) in [4.78, 5) is 4.88. The number of anilines is 6. The minimum Gasteiger partial charge on any atom is -0.310 e. The zero-order valence-electron chi connectivity index (χ0n) is 30.2. The van der Waals surface area contributed by atoms with Crippen LogP contribution in [0.5, 0.6) is 0 Å². The Hall–Kier alpha value is -7.16. The average Bonchev–Trinajstić information content (AvgIpc) is 3.71. The van der Waals surface area contributed by atoms with Crippen LogP contribution in [0.4, 0.5) is 34.1 Å². The number of benzene rings is 9. The Balaban J connectivity index is 1.34. The zero-order valence-corrected chi connectivity index (χ0v) is 30.2. The van der Waals surface area contributed by atoms with Gasteiger partial charge < -0.3 is 9.80 Å². The van der Waals surface area contributed by atoms with E-state index in [1.807, 2.05) is 0 Å². The Bertz CT molecular complexity index is 2740. The third-order valence-electron chi connectivity index (χ3n) is 11.6. The summed E-state index contributed by atoms with van der Waals surface area (Å²) in [5.41, 5.74) is 16.5. The highest BCUT2D eigenvalue weighted by Crippen LogP contribution is 2.66. The highest BCUT2D eigenvalue weighted by atomic mass is 15.2. The molecule has 1 spiro atoms. The fraction of sp³-hybridized carbons (Fsp3) is 0.0189. The van der Waals surface area contributed by atoms with Crippen LogP contribution < -0.4 is 9.80 Å². The minimum absolute atomic E-state index is 0.568. The largest absolute Gasteiger partial charge is 0.310 e. The number of hydrogen-bond acceptors (Lipinski definition) is 2. The molecule has 55 heavy (non-hydrogen) atoms. The predicted molar refractivity (Wildman–Crippen MR) is 230 cm³/mol. The van der Waals surface area contributed by atoms with E-state index in [0.29, 0.717) is 0 Å². The van der Waals surface area contributed by atoms with Crippen LogP contribution in [0, 0.1) is 0 Å². The smallest absolute Gasteiger partial charge is 0.0746 e. The second-order valence-corrected chi connectivity index (χ2v) is 14.5. The summed E-state index contributed by atoms with van der Waals surface area (Å²) in [6.45, 7) is 0. The van der Waals surface area contributed by atoms with Gasteiger partial charge in [0.2, 0.25) is 0 Å². The second kappa shape index (κ2) is 12.5. The van der Waals surface area contributed by atoms with Crippen molar-refractivity contribution in [1.82, 2.24) is 0 Å². The third-order valence-corrected chi connectivity index (χ3v) is 11.6. The first-order chi connectivity index (χ1) is 27.3. The lowest BCUT2D eigenvalue weighted by atomic mass is 9.69. The van der Waals surface area contributed by atoms with Crippen molar-refractivity contribution in [3.8, 4) is 22.3 Å². The fourth-order valence-electron chi connectivity index (χ4n) is 9.41. The summed E-state index contributed by atoms with van der Waals surface area (Å²) in [5, 5.41) is 2.48. The van der Waals surface area contributed by atoms with Gasteiger partial charge in [-0.2, -0.15) is 0 Å². The van der Waals surface area contributed by atoms with Crippen molar-refractivity contribution in [2.24, 2.45) is 0 Å². The minimum atomic E-state index is -0.568. The van der Waals surface area contributed by atoms with Crippen LogP contribution in [0.3, 0.4) is 0 Å². The molecule has 0 unspecified atom stereocenters. The Morgan fingerprint density at radius 2 is 0.691 bits per heavy atom. The van der Waals surface area contributed by atoms with Crippen molar-refractivity contribution >= 4 is 44.9 Å². The first kappa shape index (κ1) is 31.4. The van der Waals surface area contributed by atoms with E-state index in [4.69, 9.17) is 0 Å². The van der Waals surface area contributed by atoms with E-state index >= 15 is 0 Å². The van der Waals surface area contributed by atoms with Crippen molar-refractivity contribution in [2.75, 3.05) is 9.80 Å². The van der Waals surface area contributed by atoms with Gasteiger partial charge in [0.1, 0.15) is 0 Å². The molecular formula is C53H36N2. The van der Waals surface area contributed by atoms with E-state index in [2.05, 4.69) is 228 Å². The fourth-order valence-corrected chi connectivity index (χ4v) is 9.41. The molecule has 0 aliphatic heterocycles. The summed E-state index contributed by atoms with van der Waals surface area (Å²) >= 11 is 0. The van der Waals surface area contributed by atoms with Gasteiger partial charge in [-0.3, -0.25) is 0 Å². The van der Waals surface area contributed by atoms with Gasteiger partial charge in [-0.25, -0.2) is 0 Å². The van der Waals surface area contributed by atoms with E-state index in [-0.39, 0.29) is 0 Å². The normalized spacial score (nSPS) is 12.9. The van der Waals surface area contributed by atoms with Gasteiger partial charge in [0, 0.05) is 34.0 Å². The van der Waals surface area contributed by atoms with E-state index < -0.39 is 5.41 Å². The highest BCUT2D eigenvalue weighted by molar-refractivity contribution is 6.04. The van der Waals surface area contributed by atoms with Crippen molar-refractivity contribution in [3.05, 3.63) is 241 Å². The van der Waals surface area contributed by atoms with Crippen LogP contribution in [-0.2, 0) is 5.41 Å². The molecule has 258 valence electrons. The molecule has 0 saturated carbocycles. The summed E-state index contributed by atoms with van der Waals surface area (Å²) < 4.78 is 0. The topological polar surface area (TPSA) is 6.48 Å². The summed E-state index contributed by atoms with van der Waals surface area (Å²) in [6.07, 6.45) is 0. The Morgan fingerprint density at radius 1 is 0.273 bits per heavy atom. The van der Waals surface area contributed by atoms with Gasteiger partial charge >= 0.3 is 0 Å². The molecule has 2 nitrogen and oxygen atoms in total. The van der Waals surface area contributed by atoms with Crippen LogP contribution >= 0.6 is 0 Å². The predicted octanol–water partition coefficient (Wildman–Crippen LogP) is 14.1. The molecule has 0 fully saturated rings. The quantitative estimate of drug-likeness (QED) is 0.170. The molecule has 0 amide bonds. The van der Waals surface area contributed by atoms with Crippen LogP contribution in [-0.4, -0.2) is 0 Å². The van der Waals surface area contributed by atoms with Gasteiger partial charge in [-0.15, -0.1) is 0 Å². The number of nitrogens with zero attached hydrogens (tertiary/aromatic N) is 2. The van der Waals surface area contributed by atoms with Crippen molar-refractivity contribution in [3.63, 3.8) is 0 Å². The molecular weight excluding hydrogens is 665 g/mol. The van der Waals surface area contributed by atoms with Crippen LogP contribution in [0.15, 0.2) is 218 Å². The van der Waals surface area contributed by atoms with Gasteiger partial charge in [0.25, 0.3) is 0 Å². The average molecular weight is 701 g/mol. The maximum absolute atomic E-state index is 2.48. The standard InChI is InChI=1S/C53H36N2/c1-5-21-39(22-6-1)54(40-23-7-2-8-24-40)43-35-47-46-33-37-19-13-14-20-38(37)34-50(46)53(48-31-17-15-29-44(48)45-30-16-18-32-49(45)53)52(47)51(36-43)55(41-25-9-3-10-26-41)42-27-11-4-12-28-42/h1-36H. The maximum Gasteiger partial charge on any atom is 0.0746 e. The lowest BCUT2D eigenvalue weighted by molar-refractivity contribution is 0.794. The van der Waals surface area contributed by atoms with Crippen LogP contribution in [0.2, 0.25) is 0 Å². The molecule has 0 bridgehead atoms. The Kier molecular flexibility index (Phi) is 7.11. The van der Waals surface area contributed by atoms with E-state index in [0.717, 1.165) is 34.1 Å². The van der Waals surface area contributed by atoms with Crippen molar-refractivity contribution in [2.45, 2.75) is 5.41 Å². The number of rotatable bonds is 6. The highest BCUT2D eigenvalue weighted by Gasteiger charge is 2.54. The second-order valence-electron chi connectivity index (χ2n) is 14.5. The number of hydrogen-bond donors (Lipinski definition) is 0. The molecule has 0 saturated heterocycles. The molecule has 0 N–H and O–H groups in total. The van der Waals surface area contributed by atoms with Gasteiger partial charge in [-0.05, 0) is 123 Å². The van der Waals surface area contributed by atoms with Gasteiger partial charge in [-0.1, -0.05) is 146 Å². The van der Waals surface area contributed by atoms with E-state index in [1.165, 1.54) is 55.3 Å². The Labute approximate surface area is 321 Å². The lowest BCUT2D eigenvalue weighted by Gasteiger charge is -2.37. The van der Waals surface area contributed by atoms with Gasteiger partial charge in [0.05, 0.1) is 11.1 Å². The molecule has 0 radical (unpaired) electrons. The molecule has 2 heteroatoms. The first-order valence-electron chi connectivity index (χ1n) is 19.0. The molecule has 0 heterocycles. The van der Waals surface area contributed by atoms with Crippen molar-refractivity contribution < 1.29 is 0 Å². The molecule has 2 aliphatic rings. The molecule has 11 rings (SSSR count). The zero-order chi connectivity index (χ0) is 36.3. The van der Waals surface area contributed by atoms with Gasteiger partial charge in [0.15, 0.2) is 0 Å². The molecule has 0 atom stereocenters. The molecule has 2 aliphatic carbocycles. The van der Waals surface area contributed by atoms with E-state index in [1.54, 1.807) is 0 Å². The molecule has 0 aromatic heterocycles. The van der Waals surface area contributed by atoms with E-state index in [9.17, 15) is 0 Å². The lowest BCUT2D eigenvalue weighted by Crippen LogP contribution is -2.28. The van der Waals surface area contributed by atoms with Crippen LogP contribution in [0.1, 0.15) is 22.3 Å². The molecule has 9 aromatic rings. The number of fused-ring (bicyclic) bond motifs is 11. The third kappa shape index (κ3) is 4.68. The molecule has 9 aromatic carbocycles. The maximum atomic E-state index is 2.48. The monoisotopic (exact) mass is 700 g/mol. The summed E-state index contributed by atoms with van der Waals surface area (Å²) in [6, 6.07) is 80.1.